The summed E-state index contributed by atoms with van der Waals surface area (Å²) >= 11 is 0. The highest BCUT2D eigenvalue weighted by Gasteiger charge is 1.98. The van der Waals surface area contributed by atoms with E-state index >= 15 is 0 Å². The summed E-state index contributed by atoms with van der Waals surface area (Å²) in [6.07, 6.45) is 3.67. The largest absolute Gasteiger partial charge is 0.505 e. The molecule has 0 unspecified atom stereocenters. The number of nitrogens with one attached hydrogen (secondary N) is 1. The molecule has 0 amide bonds. The van der Waals surface area contributed by atoms with E-state index in [4.69, 9.17) is 5.11 Å². The van der Waals surface area contributed by atoms with Crippen LogP contribution in [0.4, 0.5) is 4.39 Å². The quantitative estimate of drug-likeness (QED) is 0.744. The van der Waals surface area contributed by atoms with Crippen LogP contribution < -0.4 is 5.32 Å². The van der Waals surface area contributed by atoms with E-state index in [-0.39, 0.29) is 5.75 Å². The first-order valence-electron chi connectivity index (χ1n) is 4.03. The van der Waals surface area contributed by atoms with Crippen LogP contribution in [0.1, 0.15) is 5.56 Å². The van der Waals surface area contributed by atoms with Gasteiger partial charge in [-0.15, -0.1) is 0 Å². The van der Waals surface area contributed by atoms with Gasteiger partial charge in [-0.05, 0) is 24.7 Å². The van der Waals surface area contributed by atoms with E-state index in [1.54, 1.807) is 12.1 Å². The number of rotatable bonds is 3. The lowest BCUT2D eigenvalue weighted by molar-refractivity contribution is 0.432. The third-order valence-corrected chi connectivity index (χ3v) is 1.60. The Balaban J connectivity index is 2.73. The number of phenolic OH excluding ortho intramolecular Hbond substituents is 1. The first-order chi connectivity index (χ1) is 6.24. The number of phenols is 1. The molecule has 0 saturated carbocycles. The zero-order valence-electron chi connectivity index (χ0n) is 7.42. The van der Waals surface area contributed by atoms with E-state index in [1.807, 2.05) is 13.1 Å². The smallest absolute Gasteiger partial charge is 0.165 e. The Morgan fingerprint density at radius 3 is 2.92 bits per heavy atom. The lowest BCUT2D eigenvalue weighted by Crippen LogP contribution is -2.03. The lowest BCUT2D eigenvalue weighted by atomic mass is 10.2. The van der Waals surface area contributed by atoms with Crippen LogP contribution in [0.3, 0.4) is 0 Å². The summed E-state index contributed by atoms with van der Waals surface area (Å²) in [5.74, 6) is -0.905. The van der Waals surface area contributed by atoms with Crippen LogP contribution >= 0.6 is 0 Å². The minimum atomic E-state index is -0.591. The van der Waals surface area contributed by atoms with Gasteiger partial charge < -0.3 is 10.4 Å². The molecule has 0 aliphatic heterocycles. The zero-order valence-corrected chi connectivity index (χ0v) is 7.42. The maximum atomic E-state index is 12.8. The molecule has 0 atom stereocenters. The summed E-state index contributed by atoms with van der Waals surface area (Å²) in [5.41, 5.74) is 0.741. The van der Waals surface area contributed by atoms with Gasteiger partial charge in [0.2, 0.25) is 0 Å². The maximum Gasteiger partial charge on any atom is 0.165 e. The van der Waals surface area contributed by atoms with Gasteiger partial charge in [-0.1, -0.05) is 18.2 Å². The van der Waals surface area contributed by atoms with E-state index in [9.17, 15) is 4.39 Å². The van der Waals surface area contributed by atoms with E-state index < -0.39 is 5.82 Å². The van der Waals surface area contributed by atoms with Crippen molar-refractivity contribution in [2.75, 3.05) is 13.6 Å². The fourth-order valence-electron chi connectivity index (χ4n) is 0.940. The highest BCUT2D eigenvalue weighted by atomic mass is 19.1. The number of hydrogen-bond donors (Lipinski definition) is 2. The average molecular weight is 181 g/mol. The minimum Gasteiger partial charge on any atom is -0.505 e. The fraction of sp³-hybridized carbons (Fsp3) is 0.200. The van der Waals surface area contributed by atoms with E-state index in [0.717, 1.165) is 12.1 Å². The third-order valence-electron chi connectivity index (χ3n) is 1.60. The Labute approximate surface area is 76.7 Å². The molecule has 0 bridgehead atoms. The van der Waals surface area contributed by atoms with Gasteiger partial charge in [0.1, 0.15) is 0 Å². The van der Waals surface area contributed by atoms with Gasteiger partial charge in [-0.3, -0.25) is 0 Å². The average Bonchev–Trinajstić information content (AvgIpc) is 2.12. The monoisotopic (exact) mass is 181 g/mol. The SMILES string of the molecule is CNCC=Cc1ccc(O)c(F)c1. The van der Waals surface area contributed by atoms with Crippen LogP contribution in [-0.4, -0.2) is 18.7 Å². The van der Waals surface area contributed by atoms with Crippen molar-refractivity contribution in [1.29, 1.82) is 0 Å². The topological polar surface area (TPSA) is 32.3 Å². The second-order valence-corrected chi connectivity index (χ2v) is 2.67. The summed E-state index contributed by atoms with van der Waals surface area (Å²) in [7, 11) is 1.84. The van der Waals surface area contributed by atoms with Gasteiger partial charge >= 0.3 is 0 Å². The highest BCUT2D eigenvalue weighted by Crippen LogP contribution is 2.16. The second kappa shape index (κ2) is 4.62. The predicted molar refractivity (Wildman–Crippen MR) is 51.0 cm³/mol. The molecule has 2 nitrogen and oxygen atoms in total. The Morgan fingerprint density at radius 2 is 2.31 bits per heavy atom. The van der Waals surface area contributed by atoms with Gasteiger partial charge in [0, 0.05) is 6.54 Å². The molecule has 0 fully saturated rings. The molecule has 0 heterocycles. The molecule has 1 rings (SSSR count). The third kappa shape index (κ3) is 2.87. The van der Waals surface area contributed by atoms with Crippen molar-refractivity contribution < 1.29 is 9.50 Å². The summed E-state index contributed by atoms with van der Waals surface area (Å²) in [6, 6.07) is 4.29. The number of likely N-dealkylation sites (N-methyl/N-ethyl adjacent to an activating group) is 1. The molecule has 0 radical (unpaired) electrons. The van der Waals surface area contributed by atoms with E-state index in [0.29, 0.717) is 0 Å². The molecule has 1 aromatic carbocycles. The molecule has 13 heavy (non-hydrogen) atoms. The number of hydrogen-bond acceptors (Lipinski definition) is 2. The van der Waals surface area contributed by atoms with Crippen molar-refractivity contribution in [3.8, 4) is 5.75 Å². The van der Waals surface area contributed by atoms with Crippen molar-refractivity contribution in [2.24, 2.45) is 0 Å². The molecule has 1 aromatic rings. The van der Waals surface area contributed by atoms with Gasteiger partial charge in [-0.25, -0.2) is 4.39 Å². The molecule has 3 heteroatoms. The predicted octanol–water partition coefficient (Wildman–Crippen LogP) is 1.76. The number of aromatic hydroxyl groups is 1. The summed E-state index contributed by atoms with van der Waals surface area (Å²) in [5, 5.41) is 11.8. The van der Waals surface area contributed by atoms with Crippen LogP contribution in [-0.2, 0) is 0 Å². The Morgan fingerprint density at radius 1 is 1.54 bits per heavy atom. The molecule has 2 N–H and O–H groups in total. The Hall–Kier alpha value is -1.35. The fourth-order valence-corrected chi connectivity index (χ4v) is 0.940. The molecule has 0 spiro atoms. The lowest BCUT2D eigenvalue weighted by Gasteiger charge is -1.96. The number of halogens is 1. The van der Waals surface area contributed by atoms with Crippen molar-refractivity contribution in [1.82, 2.24) is 5.32 Å². The first-order valence-corrected chi connectivity index (χ1v) is 4.03. The Bertz CT molecular complexity index is 310. The Kier molecular flexibility index (Phi) is 3.46. The maximum absolute atomic E-state index is 12.8. The minimum absolute atomic E-state index is 0.314. The van der Waals surface area contributed by atoms with Gasteiger partial charge in [0.25, 0.3) is 0 Å². The van der Waals surface area contributed by atoms with Crippen molar-refractivity contribution in [3.63, 3.8) is 0 Å². The van der Waals surface area contributed by atoms with Gasteiger partial charge in [0.15, 0.2) is 11.6 Å². The second-order valence-electron chi connectivity index (χ2n) is 2.67. The zero-order chi connectivity index (χ0) is 9.68. The van der Waals surface area contributed by atoms with E-state index in [1.165, 1.54) is 12.1 Å². The van der Waals surface area contributed by atoms with Crippen LogP contribution in [0.25, 0.3) is 6.08 Å². The van der Waals surface area contributed by atoms with Crippen LogP contribution in [0, 0.1) is 5.82 Å². The summed E-state index contributed by atoms with van der Waals surface area (Å²) in [4.78, 5) is 0. The van der Waals surface area contributed by atoms with Crippen molar-refractivity contribution in [3.05, 3.63) is 35.7 Å². The van der Waals surface area contributed by atoms with Gasteiger partial charge in [-0.2, -0.15) is 0 Å². The van der Waals surface area contributed by atoms with Crippen molar-refractivity contribution >= 4 is 6.08 Å². The number of benzene rings is 1. The molecule has 0 saturated heterocycles. The molecule has 70 valence electrons. The van der Waals surface area contributed by atoms with Crippen LogP contribution in [0.5, 0.6) is 5.75 Å². The molecule has 0 aromatic heterocycles. The van der Waals surface area contributed by atoms with Crippen LogP contribution in [0.2, 0.25) is 0 Å². The molecular weight excluding hydrogens is 169 g/mol. The summed E-state index contributed by atoms with van der Waals surface area (Å²) in [6.45, 7) is 0.739. The van der Waals surface area contributed by atoms with Gasteiger partial charge in [0.05, 0.1) is 0 Å². The van der Waals surface area contributed by atoms with E-state index in [2.05, 4.69) is 5.32 Å². The van der Waals surface area contributed by atoms with Crippen LogP contribution in [0.15, 0.2) is 24.3 Å². The molecular formula is C10H12FNO. The molecule has 0 aliphatic rings. The normalized spacial score (nSPS) is 10.9. The highest BCUT2D eigenvalue weighted by molar-refractivity contribution is 5.50. The first kappa shape index (κ1) is 9.74. The van der Waals surface area contributed by atoms with Crippen molar-refractivity contribution in [2.45, 2.75) is 0 Å². The standard InChI is InChI=1S/C10H12FNO/c1-12-6-2-3-8-4-5-10(13)9(11)7-8/h2-5,7,12-13H,6H2,1H3. The molecule has 0 aliphatic carbocycles. The summed E-state index contributed by atoms with van der Waals surface area (Å²) < 4.78 is 12.8.